The zero-order chi connectivity index (χ0) is 11.8. The van der Waals surface area contributed by atoms with Crippen LogP contribution in [0.2, 0.25) is 0 Å². The molecule has 0 aliphatic heterocycles. The van der Waals surface area contributed by atoms with Crippen molar-refractivity contribution in [2.24, 2.45) is 0 Å². The average molecular weight is 224 g/mol. The minimum atomic E-state index is -1.01. The van der Waals surface area contributed by atoms with E-state index in [1.807, 2.05) is 18.2 Å². The highest BCUT2D eigenvalue weighted by molar-refractivity contribution is 6.29. The summed E-state index contributed by atoms with van der Waals surface area (Å²) in [6, 6.07) is 9.08. The molecule has 0 bridgehead atoms. The Morgan fingerprint density at radius 1 is 1.06 bits per heavy atom. The summed E-state index contributed by atoms with van der Waals surface area (Å²) in [6.45, 7) is 0.190. The van der Waals surface area contributed by atoms with Crippen molar-refractivity contribution in [3.8, 4) is 5.75 Å². The molecule has 0 radical (unpaired) electrons. The van der Waals surface area contributed by atoms with E-state index in [2.05, 4.69) is 9.47 Å². The van der Waals surface area contributed by atoms with E-state index in [-0.39, 0.29) is 13.2 Å². The molecular weight excluding hydrogens is 212 g/mol. The van der Waals surface area contributed by atoms with Gasteiger partial charge in [0.05, 0.1) is 7.11 Å². The van der Waals surface area contributed by atoms with Crippen molar-refractivity contribution < 1.29 is 23.8 Å². The van der Waals surface area contributed by atoms with Crippen molar-refractivity contribution in [2.45, 2.75) is 0 Å². The van der Waals surface area contributed by atoms with E-state index in [0.29, 0.717) is 5.75 Å². The first-order valence-electron chi connectivity index (χ1n) is 4.67. The minimum Gasteiger partial charge on any atom is -0.490 e. The number of esters is 2. The number of carbonyl (C=O) groups excluding carboxylic acids is 2. The van der Waals surface area contributed by atoms with Crippen LogP contribution in [0.4, 0.5) is 0 Å². The average Bonchev–Trinajstić information content (AvgIpc) is 2.34. The molecule has 0 aliphatic carbocycles. The highest BCUT2D eigenvalue weighted by Gasteiger charge is 2.14. The third-order valence-corrected chi connectivity index (χ3v) is 1.68. The number of hydrogen-bond donors (Lipinski definition) is 0. The van der Waals surface area contributed by atoms with Crippen LogP contribution in [0.15, 0.2) is 30.3 Å². The van der Waals surface area contributed by atoms with E-state index in [1.54, 1.807) is 12.1 Å². The number of hydrogen-bond acceptors (Lipinski definition) is 5. The normalized spacial score (nSPS) is 9.31. The molecule has 0 fully saturated rings. The van der Waals surface area contributed by atoms with Crippen molar-refractivity contribution in [3.05, 3.63) is 30.3 Å². The van der Waals surface area contributed by atoms with Crippen molar-refractivity contribution >= 4 is 11.9 Å². The van der Waals surface area contributed by atoms with Crippen LogP contribution in [0.3, 0.4) is 0 Å². The Hall–Kier alpha value is -2.04. The lowest BCUT2D eigenvalue weighted by atomic mass is 10.3. The Morgan fingerprint density at radius 3 is 2.38 bits per heavy atom. The number of methoxy groups -OCH3 is 1. The molecule has 5 heteroatoms. The second-order valence-electron chi connectivity index (χ2n) is 2.79. The standard InChI is InChI=1S/C11H12O5/c1-14-10(12)11(13)16-8-7-15-9-5-3-2-4-6-9/h2-6H,7-8H2,1H3. The van der Waals surface area contributed by atoms with E-state index in [4.69, 9.17) is 4.74 Å². The Morgan fingerprint density at radius 2 is 1.75 bits per heavy atom. The molecule has 1 aromatic carbocycles. The zero-order valence-corrected chi connectivity index (χ0v) is 8.84. The Kier molecular flexibility index (Phi) is 4.85. The van der Waals surface area contributed by atoms with Crippen LogP contribution in [-0.2, 0) is 19.1 Å². The maximum absolute atomic E-state index is 10.8. The summed E-state index contributed by atoms with van der Waals surface area (Å²) in [5.41, 5.74) is 0. The first-order valence-corrected chi connectivity index (χ1v) is 4.67. The summed E-state index contributed by atoms with van der Waals surface area (Å²) < 4.78 is 14.0. The van der Waals surface area contributed by atoms with Crippen LogP contribution < -0.4 is 4.74 Å². The summed E-state index contributed by atoms with van der Waals surface area (Å²) >= 11 is 0. The summed E-state index contributed by atoms with van der Waals surface area (Å²) in [7, 11) is 1.12. The van der Waals surface area contributed by atoms with E-state index in [1.165, 1.54) is 0 Å². The van der Waals surface area contributed by atoms with Gasteiger partial charge in [0.2, 0.25) is 0 Å². The SMILES string of the molecule is COC(=O)C(=O)OCCOc1ccccc1. The van der Waals surface area contributed by atoms with Crippen molar-refractivity contribution in [1.29, 1.82) is 0 Å². The highest BCUT2D eigenvalue weighted by atomic mass is 16.6. The molecule has 16 heavy (non-hydrogen) atoms. The van der Waals surface area contributed by atoms with E-state index >= 15 is 0 Å². The summed E-state index contributed by atoms with van der Waals surface area (Å²) in [6.07, 6.45) is 0. The Balaban J connectivity index is 2.17. The largest absolute Gasteiger partial charge is 0.490 e. The molecule has 0 aromatic heterocycles. The second kappa shape index (κ2) is 6.44. The topological polar surface area (TPSA) is 61.8 Å². The minimum absolute atomic E-state index is 0.00281. The quantitative estimate of drug-likeness (QED) is 0.429. The van der Waals surface area contributed by atoms with Crippen molar-refractivity contribution in [3.63, 3.8) is 0 Å². The molecule has 0 saturated heterocycles. The lowest BCUT2D eigenvalue weighted by Crippen LogP contribution is -2.21. The molecule has 0 N–H and O–H groups in total. The van der Waals surface area contributed by atoms with Crippen LogP contribution in [-0.4, -0.2) is 32.3 Å². The van der Waals surface area contributed by atoms with Gasteiger partial charge in [-0.15, -0.1) is 0 Å². The molecule has 5 nitrogen and oxygen atoms in total. The molecule has 0 aliphatic rings. The first-order chi connectivity index (χ1) is 7.74. The molecule has 1 rings (SSSR count). The number of benzene rings is 1. The van der Waals surface area contributed by atoms with E-state index < -0.39 is 11.9 Å². The predicted octanol–water partition coefficient (Wildman–Crippen LogP) is 0.782. The fourth-order valence-electron chi connectivity index (χ4n) is 0.953. The summed E-state index contributed by atoms with van der Waals surface area (Å²) in [4.78, 5) is 21.5. The predicted molar refractivity (Wildman–Crippen MR) is 54.9 cm³/mol. The molecule has 0 atom stereocenters. The first kappa shape index (κ1) is 12.0. The fraction of sp³-hybridized carbons (Fsp3) is 0.273. The molecule has 0 spiro atoms. The Bertz CT molecular complexity index is 347. The molecule has 86 valence electrons. The lowest BCUT2D eigenvalue weighted by molar-refractivity contribution is -0.166. The third-order valence-electron chi connectivity index (χ3n) is 1.68. The smallest absolute Gasteiger partial charge is 0.417 e. The van der Waals surface area contributed by atoms with E-state index in [0.717, 1.165) is 7.11 Å². The Labute approximate surface area is 92.9 Å². The third kappa shape index (κ3) is 4.00. The van der Waals surface area contributed by atoms with Crippen molar-refractivity contribution in [2.75, 3.05) is 20.3 Å². The van der Waals surface area contributed by atoms with Crippen LogP contribution in [0.25, 0.3) is 0 Å². The van der Waals surface area contributed by atoms with Gasteiger partial charge in [-0.25, -0.2) is 9.59 Å². The lowest BCUT2D eigenvalue weighted by Gasteiger charge is -2.05. The van der Waals surface area contributed by atoms with Gasteiger partial charge in [0.15, 0.2) is 0 Å². The van der Waals surface area contributed by atoms with E-state index in [9.17, 15) is 9.59 Å². The molecule has 0 amide bonds. The second-order valence-corrected chi connectivity index (χ2v) is 2.79. The molecule has 1 aromatic rings. The van der Waals surface area contributed by atoms with Crippen LogP contribution in [0.1, 0.15) is 0 Å². The monoisotopic (exact) mass is 224 g/mol. The van der Waals surface area contributed by atoms with Gasteiger partial charge in [-0.05, 0) is 12.1 Å². The number of carbonyl (C=O) groups is 2. The van der Waals surface area contributed by atoms with Crippen LogP contribution in [0.5, 0.6) is 5.75 Å². The number of para-hydroxylation sites is 1. The fourth-order valence-corrected chi connectivity index (χ4v) is 0.953. The van der Waals surface area contributed by atoms with Gasteiger partial charge in [-0.3, -0.25) is 0 Å². The van der Waals surface area contributed by atoms with Crippen LogP contribution in [0, 0.1) is 0 Å². The summed E-state index contributed by atoms with van der Waals surface area (Å²) in [5, 5.41) is 0. The molecular formula is C11H12O5. The molecule has 0 saturated carbocycles. The van der Waals surface area contributed by atoms with Gasteiger partial charge < -0.3 is 14.2 Å². The van der Waals surface area contributed by atoms with Gasteiger partial charge in [-0.1, -0.05) is 18.2 Å². The highest BCUT2D eigenvalue weighted by Crippen LogP contribution is 2.07. The maximum Gasteiger partial charge on any atom is 0.417 e. The van der Waals surface area contributed by atoms with Gasteiger partial charge in [-0.2, -0.15) is 0 Å². The number of ether oxygens (including phenoxy) is 3. The number of rotatable bonds is 4. The van der Waals surface area contributed by atoms with Gasteiger partial charge in [0.1, 0.15) is 19.0 Å². The maximum atomic E-state index is 10.8. The van der Waals surface area contributed by atoms with Gasteiger partial charge >= 0.3 is 11.9 Å². The van der Waals surface area contributed by atoms with Crippen molar-refractivity contribution in [1.82, 2.24) is 0 Å². The van der Waals surface area contributed by atoms with Crippen LogP contribution >= 0.6 is 0 Å². The van der Waals surface area contributed by atoms with Gasteiger partial charge in [0, 0.05) is 0 Å². The molecule has 0 heterocycles. The summed E-state index contributed by atoms with van der Waals surface area (Å²) in [5.74, 6) is -1.35. The molecule has 0 unspecified atom stereocenters. The zero-order valence-electron chi connectivity index (χ0n) is 8.84. The van der Waals surface area contributed by atoms with Gasteiger partial charge in [0.25, 0.3) is 0 Å².